The molecule has 0 aliphatic heterocycles. The van der Waals surface area contributed by atoms with Gasteiger partial charge in [0, 0.05) is 18.9 Å². The van der Waals surface area contributed by atoms with E-state index in [2.05, 4.69) is 10.3 Å². The zero-order chi connectivity index (χ0) is 14.0. The van der Waals surface area contributed by atoms with E-state index >= 15 is 0 Å². The van der Waals surface area contributed by atoms with Crippen molar-refractivity contribution in [3.63, 3.8) is 0 Å². The maximum absolute atomic E-state index is 12.1. The predicted molar refractivity (Wildman–Crippen MR) is 69.3 cm³/mol. The molecule has 6 nitrogen and oxygen atoms in total. The molecule has 0 spiro atoms. The van der Waals surface area contributed by atoms with Gasteiger partial charge in [0.25, 0.3) is 5.91 Å². The Hall–Kier alpha value is -2.63. The number of carbonyl (C=O) groups excluding carboxylic acids is 1. The van der Waals surface area contributed by atoms with Gasteiger partial charge in [-0.2, -0.15) is 0 Å². The highest BCUT2D eigenvalue weighted by Gasteiger charge is 2.16. The van der Waals surface area contributed by atoms with Gasteiger partial charge < -0.3 is 15.0 Å². The molecule has 0 aliphatic carbocycles. The summed E-state index contributed by atoms with van der Waals surface area (Å²) in [6.07, 6.45) is 1.37. The van der Waals surface area contributed by atoms with Crippen molar-refractivity contribution in [2.75, 3.05) is 5.32 Å². The lowest BCUT2D eigenvalue weighted by Gasteiger charge is -2.08. The quantitative estimate of drug-likeness (QED) is 0.878. The van der Waals surface area contributed by atoms with Crippen LogP contribution in [-0.4, -0.2) is 26.5 Å². The second kappa shape index (κ2) is 4.93. The normalized spacial score (nSPS) is 10.2. The second-order valence-corrected chi connectivity index (χ2v) is 4.08. The topological polar surface area (TPSA) is 84.2 Å². The van der Waals surface area contributed by atoms with E-state index in [9.17, 15) is 9.59 Å². The van der Waals surface area contributed by atoms with Crippen molar-refractivity contribution in [1.82, 2.24) is 9.55 Å². The summed E-state index contributed by atoms with van der Waals surface area (Å²) in [6, 6.07) is 6.57. The molecule has 0 unspecified atom stereocenters. The molecular formula is C13H13N3O3. The number of hydrogen-bond donors (Lipinski definition) is 2. The van der Waals surface area contributed by atoms with E-state index in [0.29, 0.717) is 5.69 Å². The largest absolute Gasteiger partial charge is 0.476 e. The predicted octanol–water partition coefficient (Wildman–Crippen LogP) is 1.68. The van der Waals surface area contributed by atoms with Crippen LogP contribution >= 0.6 is 0 Å². The van der Waals surface area contributed by atoms with E-state index in [1.807, 2.05) is 13.0 Å². The summed E-state index contributed by atoms with van der Waals surface area (Å²) >= 11 is 0. The Bertz CT molecular complexity index is 646. The van der Waals surface area contributed by atoms with Gasteiger partial charge in [-0.15, -0.1) is 0 Å². The van der Waals surface area contributed by atoms with E-state index in [-0.39, 0.29) is 17.3 Å². The molecule has 0 saturated heterocycles. The fraction of sp³-hybridized carbons (Fsp3) is 0.154. The van der Waals surface area contributed by atoms with Gasteiger partial charge in [0.15, 0.2) is 5.69 Å². The fourth-order valence-corrected chi connectivity index (χ4v) is 1.70. The first-order valence-corrected chi connectivity index (χ1v) is 5.62. The molecule has 0 aliphatic rings. The zero-order valence-electron chi connectivity index (χ0n) is 10.5. The van der Waals surface area contributed by atoms with Crippen LogP contribution < -0.4 is 5.32 Å². The van der Waals surface area contributed by atoms with Crippen LogP contribution in [0.5, 0.6) is 0 Å². The van der Waals surface area contributed by atoms with Gasteiger partial charge in [0.1, 0.15) is 5.69 Å². The van der Waals surface area contributed by atoms with E-state index < -0.39 is 5.97 Å². The highest BCUT2D eigenvalue weighted by Crippen LogP contribution is 2.14. The van der Waals surface area contributed by atoms with Crippen molar-refractivity contribution in [2.45, 2.75) is 6.92 Å². The lowest BCUT2D eigenvalue weighted by atomic mass is 10.3. The minimum atomic E-state index is -1.18. The number of carboxylic acids is 1. The highest BCUT2D eigenvalue weighted by molar-refractivity contribution is 6.06. The van der Waals surface area contributed by atoms with Crippen LogP contribution in [0.4, 0.5) is 5.69 Å². The number of carbonyl (C=O) groups is 2. The van der Waals surface area contributed by atoms with Crippen molar-refractivity contribution in [3.8, 4) is 0 Å². The molecule has 0 fully saturated rings. The third-order valence-electron chi connectivity index (χ3n) is 2.86. The number of aromatic nitrogens is 2. The first-order chi connectivity index (χ1) is 9.00. The summed E-state index contributed by atoms with van der Waals surface area (Å²) in [7, 11) is 1.77. The van der Waals surface area contributed by atoms with Crippen molar-refractivity contribution in [2.24, 2.45) is 7.05 Å². The lowest BCUT2D eigenvalue weighted by Crippen LogP contribution is -2.18. The summed E-state index contributed by atoms with van der Waals surface area (Å²) < 4.78 is 1.73. The molecule has 1 amide bonds. The molecule has 0 atom stereocenters. The first kappa shape index (κ1) is 12.8. The van der Waals surface area contributed by atoms with Crippen LogP contribution in [0, 0.1) is 6.92 Å². The molecule has 0 bridgehead atoms. The van der Waals surface area contributed by atoms with Crippen molar-refractivity contribution >= 4 is 17.6 Å². The van der Waals surface area contributed by atoms with Crippen molar-refractivity contribution in [1.29, 1.82) is 0 Å². The van der Waals surface area contributed by atoms with Crippen molar-refractivity contribution in [3.05, 3.63) is 47.5 Å². The zero-order valence-corrected chi connectivity index (χ0v) is 10.5. The fourth-order valence-electron chi connectivity index (χ4n) is 1.70. The molecular weight excluding hydrogens is 246 g/mol. The van der Waals surface area contributed by atoms with E-state index in [4.69, 9.17) is 5.11 Å². The number of amides is 1. The Morgan fingerprint density at radius 2 is 2.05 bits per heavy atom. The summed E-state index contributed by atoms with van der Waals surface area (Å²) in [5.41, 5.74) is 1.40. The van der Waals surface area contributed by atoms with Crippen LogP contribution in [-0.2, 0) is 7.05 Å². The van der Waals surface area contributed by atoms with Crippen LogP contribution in [0.15, 0.2) is 30.5 Å². The van der Waals surface area contributed by atoms with Gasteiger partial charge in [0.05, 0.1) is 5.69 Å². The SMILES string of the molecule is Cc1ccc(C(=O)Nc2cccnc2C(=O)O)n1C. The Balaban J connectivity index is 2.29. The van der Waals surface area contributed by atoms with Gasteiger partial charge in [-0.1, -0.05) is 0 Å². The smallest absolute Gasteiger partial charge is 0.356 e. The molecule has 2 rings (SSSR count). The Kier molecular flexibility index (Phi) is 3.33. The number of nitrogens with zero attached hydrogens (tertiary/aromatic N) is 2. The molecule has 0 saturated carbocycles. The lowest BCUT2D eigenvalue weighted by molar-refractivity contribution is 0.0692. The number of hydrogen-bond acceptors (Lipinski definition) is 3. The molecule has 2 aromatic heterocycles. The average Bonchev–Trinajstić information content (AvgIpc) is 2.70. The van der Waals surface area contributed by atoms with Crippen LogP contribution in [0.3, 0.4) is 0 Å². The molecule has 0 aromatic carbocycles. The number of aromatic carboxylic acids is 1. The number of anilines is 1. The van der Waals surface area contributed by atoms with Crippen LogP contribution in [0.25, 0.3) is 0 Å². The van der Waals surface area contributed by atoms with Gasteiger partial charge >= 0.3 is 5.97 Å². The van der Waals surface area contributed by atoms with Gasteiger partial charge in [-0.05, 0) is 31.2 Å². The summed E-state index contributed by atoms with van der Waals surface area (Å²) in [5.74, 6) is -1.55. The summed E-state index contributed by atoms with van der Waals surface area (Å²) in [6.45, 7) is 1.88. The maximum Gasteiger partial charge on any atom is 0.356 e. The summed E-state index contributed by atoms with van der Waals surface area (Å²) in [5, 5.41) is 11.5. The molecule has 2 N–H and O–H groups in total. The summed E-state index contributed by atoms with van der Waals surface area (Å²) in [4.78, 5) is 26.8. The number of pyridine rings is 1. The van der Waals surface area contributed by atoms with E-state index in [0.717, 1.165) is 5.69 Å². The van der Waals surface area contributed by atoms with E-state index in [1.54, 1.807) is 23.7 Å². The number of rotatable bonds is 3. The number of carboxylic acid groups (broad SMARTS) is 1. The molecule has 6 heteroatoms. The molecule has 98 valence electrons. The number of nitrogens with one attached hydrogen (secondary N) is 1. The van der Waals surface area contributed by atoms with Crippen molar-refractivity contribution < 1.29 is 14.7 Å². The van der Waals surface area contributed by atoms with Gasteiger partial charge in [-0.25, -0.2) is 9.78 Å². The third-order valence-corrected chi connectivity index (χ3v) is 2.86. The molecule has 2 heterocycles. The number of aryl methyl sites for hydroxylation is 1. The molecule has 0 radical (unpaired) electrons. The Morgan fingerprint density at radius 3 is 2.63 bits per heavy atom. The third kappa shape index (κ3) is 2.47. The first-order valence-electron chi connectivity index (χ1n) is 5.62. The Morgan fingerprint density at radius 1 is 1.32 bits per heavy atom. The van der Waals surface area contributed by atoms with Crippen LogP contribution in [0.1, 0.15) is 26.7 Å². The van der Waals surface area contributed by atoms with Gasteiger partial charge in [-0.3, -0.25) is 4.79 Å². The monoisotopic (exact) mass is 259 g/mol. The minimum Gasteiger partial charge on any atom is -0.476 e. The van der Waals surface area contributed by atoms with E-state index in [1.165, 1.54) is 12.3 Å². The standard InChI is InChI=1S/C13H13N3O3/c1-8-5-6-10(16(8)2)12(17)15-9-4-3-7-14-11(9)13(18)19/h3-7H,1-2H3,(H,15,17)(H,18,19). The maximum atomic E-state index is 12.1. The second-order valence-electron chi connectivity index (χ2n) is 4.08. The molecule has 2 aromatic rings. The highest BCUT2D eigenvalue weighted by atomic mass is 16.4. The van der Waals surface area contributed by atoms with Gasteiger partial charge in [0.2, 0.25) is 0 Å². The average molecular weight is 259 g/mol. The Labute approximate surface area is 109 Å². The van der Waals surface area contributed by atoms with Crippen LogP contribution in [0.2, 0.25) is 0 Å². The molecule has 19 heavy (non-hydrogen) atoms. The minimum absolute atomic E-state index is 0.179.